The van der Waals surface area contributed by atoms with Gasteiger partial charge in [0.05, 0.1) is 23.0 Å². The monoisotopic (exact) mass is 438 g/mol. The molecule has 10 heteroatoms. The molecule has 1 amide bonds. The molecule has 0 saturated heterocycles. The second kappa shape index (κ2) is 9.57. The van der Waals surface area contributed by atoms with Crippen molar-refractivity contribution in [2.24, 2.45) is 13.0 Å². The second-order valence-electron chi connectivity index (χ2n) is 7.80. The maximum absolute atomic E-state index is 12.4. The lowest BCUT2D eigenvalue weighted by atomic mass is 10.0. The van der Waals surface area contributed by atoms with Gasteiger partial charge in [-0.2, -0.15) is 0 Å². The average molecular weight is 439 g/mol. The van der Waals surface area contributed by atoms with Gasteiger partial charge in [0.2, 0.25) is 15.9 Å². The molecule has 1 N–H and O–H groups in total. The fourth-order valence-electron chi connectivity index (χ4n) is 3.14. The Labute approximate surface area is 177 Å². The van der Waals surface area contributed by atoms with Crippen molar-refractivity contribution < 1.29 is 22.7 Å². The van der Waals surface area contributed by atoms with Gasteiger partial charge in [0, 0.05) is 34.0 Å². The predicted molar refractivity (Wildman–Crippen MR) is 113 cm³/mol. The zero-order chi connectivity index (χ0) is 22.6. The van der Waals surface area contributed by atoms with Gasteiger partial charge in [-0.15, -0.1) is 0 Å². The van der Waals surface area contributed by atoms with Crippen LogP contribution in [0.15, 0.2) is 23.1 Å². The van der Waals surface area contributed by atoms with Crippen LogP contribution in [0.2, 0.25) is 0 Å². The number of ether oxygens (including phenoxy) is 1. The highest BCUT2D eigenvalue weighted by molar-refractivity contribution is 7.89. The van der Waals surface area contributed by atoms with Gasteiger partial charge in [-0.1, -0.05) is 13.8 Å². The zero-order valence-electron chi connectivity index (χ0n) is 18.3. The molecule has 0 radical (unpaired) electrons. The van der Waals surface area contributed by atoms with Crippen LogP contribution >= 0.6 is 0 Å². The van der Waals surface area contributed by atoms with Crippen molar-refractivity contribution in [1.82, 2.24) is 19.2 Å². The first-order valence-electron chi connectivity index (χ1n) is 9.72. The largest absolute Gasteiger partial charge is 0.467 e. The van der Waals surface area contributed by atoms with E-state index in [9.17, 15) is 18.0 Å². The Morgan fingerprint density at radius 1 is 1.27 bits per heavy atom. The Hall–Kier alpha value is -2.46. The molecule has 0 aliphatic heterocycles. The molecule has 2 aromatic rings. The number of nitrogens with zero attached hydrogens (tertiary/aromatic N) is 3. The first-order valence-corrected chi connectivity index (χ1v) is 11.2. The Bertz CT molecular complexity index is 1030. The molecular formula is C20H30N4O5S. The summed E-state index contributed by atoms with van der Waals surface area (Å²) >= 11 is 0. The summed E-state index contributed by atoms with van der Waals surface area (Å²) in [6.07, 6.45) is 0.988. The van der Waals surface area contributed by atoms with Crippen LogP contribution in [0, 0.1) is 5.92 Å². The normalized spacial score (nSPS) is 13.1. The molecule has 1 aromatic heterocycles. The van der Waals surface area contributed by atoms with Crippen LogP contribution in [0.3, 0.4) is 0 Å². The smallest absolute Gasteiger partial charge is 0.328 e. The van der Waals surface area contributed by atoms with Crippen molar-refractivity contribution in [2.75, 3.05) is 21.2 Å². The molecule has 30 heavy (non-hydrogen) atoms. The van der Waals surface area contributed by atoms with Crippen LogP contribution in [0.25, 0.3) is 11.0 Å². The van der Waals surface area contributed by atoms with E-state index in [1.54, 1.807) is 12.1 Å². The first kappa shape index (κ1) is 23.8. The van der Waals surface area contributed by atoms with Gasteiger partial charge in [0.1, 0.15) is 11.9 Å². The van der Waals surface area contributed by atoms with Gasteiger partial charge in [-0.3, -0.25) is 4.79 Å². The van der Waals surface area contributed by atoms with Crippen molar-refractivity contribution in [1.29, 1.82) is 0 Å². The number of hydrogen-bond acceptors (Lipinski definition) is 6. The summed E-state index contributed by atoms with van der Waals surface area (Å²) in [5.41, 5.74) is 1.32. The highest BCUT2D eigenvalue weighted by Crippen LogP contribution is 2.22. The number of esters is 1. The molecule has 2 rings (SSSR count). The van der Waals surface area contributed by atoms with E-state index >= 15 is 0 Å². The number of imidazole rings is 1. The van der Waals surface area contributed by atoms with Crippen LogP contribution < -0.4 is 5.32 Å². The average Bonchev–Trinajstić information content (AvgIpc) is 2.99. The van der Waals surface area contributed by atoms with Gasteiger partial charge < -0.3 is 14.6 Å². The summed E-state index contributed by atoms with van der Waals surface area (Å²) < 4.78 is 32.4. The Kier molecular flexibility index (Phi) is 7.59. The third kappa shape index (κ3) is 5.37. The summed E-state index contributed by atoms with van der Waals surface area (Å²) in [5, 5.41) is 2.73. The van der Waals surface area contributed by atoms with E-state index < -0.39 is 22.0 Å². The maximum atomic E-state index is 12.4. The molecule has 0 aliphatic carbocycles. The van der Waals surface area contributed by atoms with Crippen molar-refractivity contribution >= 4 is 32.9 Å². The third-order valence-corrected chi connectivity index (χ3v) is 6.64. The highest BCUT2D eigenvalue weighted by Gasteiger charge is 2.23. The minimum Gasteiger partial charge on any atom is -0.467 e. The number of sulfonamides is 1. The number of nitrogens with one attached hydrogen (secondary N) is 1. The van der Waals surface area contributed by atoms with Gasteiger partial charge in [-0.05, 0) is 30.5 Å². The molecule has 0 bridgehead atoms. The number of aromatic nitrogens is 2. The lowest BCUT2D eigenvalue weighted by molar-refractivity contribution is -0.145. The molecule has 1 heterocycles. The number of amides is 1. The summed E-state index contributed by atoms with van der Waals surface area (Å²) in [6, 6.07) is 4.10. The summed E-state index contributed by atoms with van der Waals surface area (Å²) in [7, 11) is 2.51. The van der Waals surface area contributed by atoms with Crippen LogP contribution in [0.1, 0.15) is 32.5 Å². The van der Waals surface area contributed by atoms with Crippen LogP contribution in [0.4, 0.5) is 0 Å². The summed E-state index contributed by atoms with van der Waals surface area (Å²) in [6.45, 7) is 3.93. The van der Waals surface area contributed by atoms with Crippen LogP contribution in [-0.2, 0) is 37.8 Å². The van der Waals surface area contributed by atoms with E-state index in [1.807, 2.05) is 25.5 Å². The Balaban J connectivity index is 2.15. The zero-order valence-corrected chi connectivity index (χ0v) is 19.1. The SMILES string of the molecule is COC(=O)C(CC(C)C)NC(=O)CCc1nc2cc(S(=O)(=O)N(C)C)ccc2n1C. The van der Waals surface area contributed by atoms with Gasteiger partial charge in [0.15, 0.2) is 0 Å². The number of carbonyl (C=O) groups is 2. The quantitative estimate of drug-likeness (QED) is 0.594. The highest BCUT2D eigenvalue weighted by atomic mass is 32.2. The van der Waals surface area contributed by atoms with Gasteiger partial charge >= 0.3 is 5.97 Å². The molecular weight excluding hydrogens is 408 g/mol. The van der Waals surface area contributed by atoms with Crippen molar-refractivity contribution in [3.05, 3.63) is 24.0 Å². The molecule has 166 valence electrons. The number of methoxy groups -OCH3 is 1. The number of aryl methyl sites for hydroxylation is 2. The summed E-state index contributed by atoms with van der Waals surface area (Å²) in [4.78, 5) is 28.9. The minimum atomic E-state index is -3.56. The Morgan fingerprint density at radius 2 is 1.93 bits per heavy atom. The first-order chi connectivity index (χ1) is 14.0. The lowest BCUT2D eigenvalue weighted by Crippen LogP contribution is -2.42. The van der Waals surface area contributed by atoms with Gasteiger partial charge in [0.25, 0.3) is 0 Å². The molecule has 0 fully saturated rings. The van der Waals surface area contributed by atoms with Crippen molar-refractivity contribution in [2.45, 2.75) is 44.0 Å². The number of carbonyl (C=O) groups excluding carboxylic acids is 2. The number of fused-ring (bicyclic) bond motifs is 1. The van der Waals surface area contributed by atoms with E-state index in [-0.39, 0.29) is 23.1 Å². The fraction of sp³-hybridized carbons (Fsp3) is 0.550. The predicted octanol–water partition coefficient (Wildman–Crippen LogP) is 1.46. The molecule has 0 saturated carbocycles. The lowest BCUT2D eigenvalue weighted by Gasteiger charge is -2.18. The number of benzene rings is 1. The topological polar surface area (TPSA) is 111 Å². The van der Waals surface area contributed by atoms with Crippen molar-refractivity contribution in [3.63, 3.8) is 0 Å². The molecule has 1 aromatic carbocycles. The van der Waals surface area contributed by atoms with Crippen LogP contribution in [0.5, 0.6) is 0 Å². The van der Waals surface area contributed by atoms with E-state index in [2.05, 4.69) is 10.3 Å². The van der Waals surface area contributed by atoms with E-state index in [4.69, 9.17) is 4.74 Å². The standard InChI is InChI=1S/C20H30N4O5S/c1-13(2)11-16(20(26)29-6)22-19(25)10-9-18-21-15-12-14(30(27,28)23(3)4)7-8-17(15)24(18)5/h7-8,12-13,16H,9-11H2,1-6H3,(H,22,25). The summed E-state index contributed by atoms with van der Waals surface area (Å²) in [5.74, 6) is 0.142. The third-order valence-electron chi connectivity index (χ3n) is 4.83. The van der Waals surface area contributed by atoms with Crippen molar-refractivity contribution in [3.8, 4) is 0 Å². The molecule has 1 unspecified atom stereocenters. The Morgan fingerprint density at radius 3 is 2.50 bits per heavy atom. The molecule has 0 spiro atoms. The molecule has 1 atom stereocenters. The second-order valence-corrected chi connectivity index (χ2v) is 9.95. The van der Waals surface area contributed by atoms with E-state index in [0.29, 0.717) is 24.2 Å². The van der Waals surface area contributed by atoms with E-state index in [1.165, 1.54) is 27.3 Å². The number of rotatable bonds is 9. The molecule has 9 nitrogen and oxygen atoms in total. The fourth-order valence-corrected chi connectivity index (χ4v) is 4.07. The van der Waals surface area contributed by atoms with E-state index in [0.717, 1.165) is 9.82 Å². The minimum absolute atomic E-state index is 0.144. The van der Waals surface area contributed by atoms with Gasteiger partial charge in [-0.25, -0.2) is 22.5 Å². The number of hydrogen-bond donors (Lipinski definition) is 1. The maximum Gasteiger partial charge on any atom is 0.328 e. The van der Waals surface area contributed by atoms with Crippen LogP contribution in [-0.4, -0.2) is 61.4 Å². The molecule has 0 aliphatic rings.